The highest BCUT2D eigenvalue weighted by molar-refractivity contribution is 4.88. The number of nitrogens with one attached hydrogen (secondary N) is 1. The van der Waals surface area contributed by atoms with Crippen LogP contribution in [0.4, 0.5) is 0 Å². The van der Waals surface area contributed by atoms with Crippen molar-refractivity contribution >= 4 is 0 Å². The zero-order valence-electron chi connectivity index (χ0n) is 11.9. The van der Waals surface area contributed by atoms with E-state index in [0.29, 0.717) is 0 Å². The smallest absolute Gasteiger partial charge is 0.0226 e. The van der Waals surface area contributed by atoms with Gasteiger partial charge in [0.05, 0.1) is 0 Å². The highest BCUT2D eigenvalue weighted by Gasteiger charge is 2.31. The van der Waals surface area contributed by atoms with E-state index in [1.165, 1.54) is 51.7 Å². The Morgan fingerprint density at radius 1 is 1.12 bits per heavy atom. The summed E-state index contributed by atoms with van der Waals surface area (Å²) in [6.45, 7) is 10.8. The van der Waals surface area contributed by atoms with E-state index in [9.17, 15) is 0 Å². The van der Waals surface area contributed by atoms with E-state index in [1.54, 1.807) is 0 Å². The molecule has 2 rings (SSSR count). The van der Waals surface area contributed by atoms with Crippen LogP contribution in [0.25, 0.3) is 0 Å². The number of rotatable bonds is 4. The Kier molecular flexibility index (Phi) is 4.87. The number of hydrogen-bond donors (Lipinski definition) is 1. The molecule has 0 spiro atoms. The monoisotopic (exact) mass is 238 g/mol. The molecule has 1 aliphatic heterocycles. The van der Waals surface area contributed by atoms with Gasteiger partial charge in [0.2, 0.25) is 0 Å². The van der Waals surface area contributed by atoms with Gasteiger partial charge >= 0.3 is 0 Å². The van der Waals surface area contributed by atoms with Crippen molar-refractivity contribution in [3.63, 3.8) is 0 Å². The van der Waals surface area contributed by atoms with Crippen LogP contribution in [0.2, 0.25) is 0 Å². The third-order valence-corrected chi connectivity index (χ3v) is 4.39. The van der Waals surface area contributed by atoms with Gasteiger partial charge in [-0.15, -0.1) is 0 Å². The Morgan fingerprint density at radius 3 is 2.41 bits per heavy atom. The normalized spacial score (nSPS) is 31.6. The lowest BCUT2D eigenvalue weighted by Gasteiger charge is -2.41. The number of hydrogen-bond acceptors (Lipinski definition) is 2. The summed E-state index contributed by atoms with van der Waals surface area (Å²) in [4.78, 5) is 2.85. The summed E-state index contributed by atoms with van der Waals surface area (Å²) in [7, 11) is 0. The molecule has 0 bridgehead atoms. The van der Waals surface area contributed by atoms with Crippen molar-refractivity contribution in [3.8, 4) is 0 Å². The van der Waals surface area contributed by atoms with Crippen molar-refractivity contribution in [1.29, 1.82) is 0 Å². The Balaban J connectivity index is 1.97. The molecule has 17 heavy (non-hydrogen) atoms. The van der Waals surface area contributed by atoms with Gasteiger partial charge in [0.25, 0.3) is 0 Å². The molecule has 1 N–H and O–H groups in total. The van der Waals surface area contributed by atoms with E-state index in [1.807, 2.05) is 0 Å². The van der Waals surface area contributed by atoms with Crippen LogP contribution in [0.3, 0.4) is 0 Å². The van der Waals surface area contributed by atoms with Crippen LogP contribution >= 0.6 is 0 Å². The van der Waals surface area contributed by atoms with Gasteiger partial charge in [-0.1, -0.05) is 33.6 Å². The topological polar surface area (TPSA) is 15.3 Å². The molecule has 0 aromatic heterocycles. The first-order chi connectivity index (χ1) is 8.16. The molecule has 1 saturated heterocycles. The molecule has 0 aromatic rings. The molecule has 2 unspecified atom stereocenters. The molecule has 1 heterocycles. The average Bonchev–Trinajstić information content (AvgIpc) is 2.79. The van der Waals surface area contributed by atoms with Crippen molar-refractivity contribution in [2.24, 2.45) is 11.8 Å². The predicted molar refractivity (Wildman–Crippen MR) is 74.2 cm³/mol. The second kappa shape index (κ2) is 6.19. The molecule has 0 amide bonds. The Hall–Kier alpha value is -0.0800. The van der Waals surface area contributed by atoms with Crippen molar-refractivity contribution < 1.29 is 0 Å². The highest BCUT2D eigenvalue weighted by atomic mass is 15.2. The second-order valence-electron chi connectivity index (χ2n) is 6.68. The molecule has 2 fully saturated rings. The Labute approximate surface area is 107 Å². The van der Waals surface area contributed by atoms with Crippen LogP contribution in [-0.4, -0.2) is 36.6 Å². The first-order valence-electron chi connectivity index (χ1n) is 7.63. The van der Waals surface area contributed by atoms with Gasteiger partial charge in [-0.2, -0.15) is 0 Å². The summed E-state index contributed by atoms with van der Waals surface area (Å²) < 4.78 is 0. The fraction of sp³-hybridized carbons (Fsp3) is 1.00. The molecule has 2 heteroatoms. The van der Waals surface area contributed by atoms with E-state index >= 15 is 0 Å². The molecule has 0 radical (unpaired) electrons. The van der Waals surface area contributed by atoms with Crippen LogP contribution in [0.15, 0.2) is 0 Å². The maximum atomic E-state index is 3.62. The van der Waals surface area contributed by atoms with Gasteiger partial charge < -0.3 is 5.32 Å². The molecular weight excluding hydrogens is 208 g/mol. The van der Waals surface area contributed by atoms with Crippen LogP contribution in [0, 0.1) is 11.8 Å². The van der Waals surface area contributed by atoms with Crippen molar-refractivity contribution in [2.45, 2.75) is 65.0 Å². The minimum atomic E-state index is 0.796. The number of piperidine rings is 1. The van der Waals surface area contributed by atoms with Crippen molar-refractivity contribution in [3.05, 3.63) is 0 Å². The van der Waals surface area contributed by atoms with E-state index in [-0.39, 0.29) is 0 Å². The fourth-order valence-corrected chi connectivity index (χ4v) is 3.63. The zero-order chi connectivity index (χ0) is 12.3. The largest absolute Gasteiger partial charge is 0.315 e. The lowest BCUT2D eigenvalue weighted by molar-refractivity contribution is 0.0866. The molecule has 100 valence electrons. The van der Waals surface area contributed by atoms with Gasteiger partial charge in [0, 0.05) is 25.2 Å². The Bertz CT molecular complexity index is 221. The molecule has 2 aliphatic rings. The van der Waals surface area contributed by atoms with E-state index in [4.69, 9.17) is 0 Å². The molecule has 1 saturated carbocycles. The maximum Gasteiger partial charge on any atom is 0.0226 e. The summed E-state index contributed by atoms with van der Waals surface area (Å²) in [6, 6.07) is 1.68. The quantitative estimate of drug-likeness (QED) is 0.810. The minimum Gasteiger partial charge on any atom is -0.315 e. The summed E-state index contributed by atoms with van der Waals surface area (Å²) in [6.07, 6.45) is 7.19. The standard InChI is InChI=1S/C15H30N2/c1-12(2)11-17(14-6-4-5-7-14)15-8-13(3)9-16-10-15/h12-16H,4-11H2,1-3H3. The Morgan fingerprint density at radius 2 is 1.82 bits per heavy atom. The van der Waals surface area contributed by atoms with E-state index in [2.05, 4.69) is 31.0 Å². The molecule has 2 nitrogen and oxygen atoms in total. The molecular formula is C15H30N2. The SMILES string of the molecule is CC(C)CN(C1CCCC1)C1CNCC(C)C1. The molecule has 1 aliphatic carbocycles. The predicted octanol–water partition coefficient (Wildman–Crippen LogP) is 2.89. The van der Waals surface area contributed by atoms with Crippen LogP contribution in [0.5, 0.6) is 0 Å². The lowest BCUT2D eigenvalue weighted by Crippen LogP contribution is -2.52. The van der Waals surface area contributed by atoms with E-state index < -0.39 is 0 Å². The zero-order valence-corrected chi connectivity index (χ0v) is 11.9. The third kappa shape index (κ3) is 3.69. The maximum absolute atomic E-state index is 3.62. The average molecular weight is 238 g/mol. The lowest BCUT2D eigenvalue weighted by atomic mass is 9.94. The van der Waals surface area contributed by atoms with Gasteiger partial charge in [0.1, 0.15) is 0 Å². The minimum absolute atomic E-state index is 0.796. The number of nitrogens with zero attached hydrogens (tertiary/aromatic N) is 1. The van der Waals surface area contributed by atoms with Crippen LogP contribution < -0.4 is 5.32 Å². The highest BCUT2D eigenvalue weighted by Crippen LogP contribution is 2.28. The van der Waals surface area contributed by atoms with Gasteiger partial charge in [-0.05, 0) is 37.6 Å². The molecule has 2 atom stereocenters. The summed E-state index contributed by atoms with van der Waals surface area (Å²) >= 11 is 0. The van der Waals surface area contributed by atoms with Gasteiger partial charge in [-0.3, -0.25) is 4.90 Å². The van der Waals surface area contributed by atoms with Crippen molar-refractivity contribution in [1.82, 2.24) is 10.2 Å². The van der Waals surface area contributed by atoms with Crippen LogP contribution in [0.1, 0.15) is 52.9 Å². The summed E-state index contributed by atoms with van der Waals surface area (Å²) in [5, 5.41) is 3.62. The molecule has 0 aromatic carbocycles. The fourth-order valence-electron chi connectivity index (χ4n) is 3.63. The summed E-state index contributed by atoms with van der Waals surface area (Å²) in [5.41, 5.74) is 0. The van der Waals surface area contributed by atoms with E-state index in [0.717, 1.165) is 23.9 Å². The first-order valence-corrected chi connectivity index (χ1v) is 7.63. The van der Waals surface area contributed by atoms with Gasteiger partial charge in [-0.25, -0.2) is 0 Å². The third-order valence-electron chi connectivity index (χ3n) is 4.39. The van der Waals surface area contributed by atoms with Crippen LogP contribution in [-0.2, 0) is 0 Å². The second-order valence-corrected chi connectivity index (χ2v) is 6.68. The first kappa shape index (κ1) is 13.4. The van der Waals surface area contributed by atoms with Gasteiger partial charge in [0.15, 0.2) is 0 Å². The van der Waals surface area contributed by atoms with Crippen molar-refractivity contribution in [2.75, 3.05) is 19.6 Å². The summed E-state index contributed by atoms with van der Waals surface area (Å²) in [5.74, 6) is 1.65.